The second-order valence-corrected chi connectivity index (χ2v) is 2.64. The van der Waals surface area contributed by atoms with E-state index < -0.39 is 5.97 Å². The third kappa shape index (κ3) is 2.30. The zero-order valence-electron chi connectivity index (χ0n) is 7.47. The van der Waals surface area contributed by atoms with Crippen molar-refractivity contribution in [2.45, 2.75) is 0 Å². The first-order valence-electron chi connectivity index (χ1n) is 4.00. The fourth-order valence-electron chi connectivity index (χ4n) is 0.958. The Morgan fingerprint density at radius 2 is 2.36 bits per heavy atom. The summed E-state index contributed by atoms with van der Waals surface area (Å²) in [5.74, 6) is -1.07. The van der Waals surface area contributed by atoms with Crippen LogP contribution in [-0.2, 0) is 0 Å². The number of aromatic nitrogens is 1. The van der Waals surface area contributed by atoms with Crippen LogP contribution in [0.4, 0.5) is 5.82 Å². The van der Waals surface area contributed by atoms with Crippen LogP contribution in [0.15, 0.2) is 18.3 Å². The van der Waals surface area contributed by atoms with Gasteiger partial charge in [0.25, 0.3) is 0 Å². The Morgan fingerprint density at radius 3 is 2.93 bits per heavy atom. The van der Waals surface area contributed by atoms with Gasteiger partial charge < -0.3 is 16.6 Å². The van der Waals surface area contributed by atoms with E-state index in [9.17, 15) is 4.79 Å². The highest BCUT2D eigenvalue weighted by atomic mass is 16.4. The molecule has 1 aromatic rings. The van der Waals surface area contributed by atoms with E-state index in [-0.39, 0.29) is 11.4 Å². The molecule has 0 atom stereocenters. The molecule has 0 saturated carbocycles. The lowest BCUT2D eigenvalue weighted by molar-refractivity contribution is 0.0697. The van der Waals surface area contributed by atoms with Crippen LogP contribution in [0.3, 0.4) is 0 Å². The van der Waals surface area contributed by atoms with Crippen molar-refractivity contribution in [3.05, 3.63) is 29.5 Å². The molecular weight excluding hydrogens is 182 g/mol. The van der Waals surface area contributed by atoms with Gasteiger partial charge in [-0.15, -0.1) is 0 Å². The fraction of sp³-hybridized carbons (Fsp3) is 0.111. The second kappa shape index (κ2) is 4.38. The third-order valence-corrected chi connectivity index (χ3v) is 1.62. The average Bonchev–Trinajstić information content (AvgIpc) is 2.16. The van der Waals surface area contributed by atoms with Gasteiger partial charge in [0.15, 0.2) is 0 Å². The summed E-state index contributed by atoms with van der Waals surface area (Å²) in [6.45, 7) is 0.396. The van der Waals surface area contributed by atoms with E-state index in [1.807, 2.05) is 0 Å². The smallest absolute Gasteiger partial charge is 0.339 e. The minimum atomic E-state index is -1.09. The molecule has 1 heterocycles. The molecule has 5 heteroatoms. The van der Waals surface area contributed by atoms with Gasteiger partial charge in [0.2, 0.25) is 0 Å². The lowest BCUT2D eigenvalue weighted by Crippen LogP contribution is -2.04. The molecule has 0 amide bonds. The Bertz CT molecular complexity index is 374. The van der Waals surface area contributed by atoms with Crippen LogP contribution in [0.2, 0.25) is 0 Å². The topological polar surface area (TPSA) is 102 Å². The van der Waals surface area contributed by atoms with Crippen molar-refractivity contribution in [3.8, 4) is 0 Å². The van der Waals surface area contributed by atoms with E-state index in [1.54, 1.807) is 12.2 Å². The molecule has 14 heavy (non-hydrogen) atoms. The molecule has 0 aliphatic carbocycles. The van der Waals surface area contributed by atoms with Crippen molar-refractivity contribution in [3.63, 3.8) is 0 Å². The Labute approximate surface area is 81.1 Å². The highest BCUT2D eigenvalue weighted by Crippen LogP contribution is 2.11. The molecule has 5 nitrogen and oxygen atoms in total. The number of hydrogen-bond donors (Lipinski definition) is 3. The molecule has 0 spiro atoms. The largest absolute Gasteiger partial charge is 0.478 e. The average molecular weight is 193 g/mol. The number of hydrogen-bond acceptors (Lipinski definition) is 4. The van der Waals surface area contributed by atoms with Crippen molar-refractivity contribution in [1.29, 1.82) is 0 Å². The maximum absolute atomic E-state index is 10.7. The summed E-state index contributed by atoms with van der Waals surface area (Å²) in [6, 6.07) is 1.46. The molecular formula is C9H11N3O2. The molecule has 0 aliphatic rings. The van der Waals surface area contributed by atoms with Crippen molar-refractivity contribution >= 4 is 17.9 Å². The summed E-state index contributed by atoms with van der Waals surface area (Å²) in [4.78, 5) is 14.4. The Morgan fingerprint density at radius 1 is 1.64 bits per heavy atom. The highest BCUT2D eigenvalue weighted by Gasteiger charge is 2.08. The van der Waals surface area contributed by atoms with Crippen LogP contribution in [-0.4, -0.2) is 22.6 Å². The van der Waals surface area contributed by atoms with Gasteiger partial charge >= 0.3 is 5.97 Å². The number of nitrogens with two attached hydrogens (primary N) is 2. The maximum atomic E-state index is 10.7. The molecule has 1 rings (SSSR count). The quantitative estimate of drug-likeness (QED) is 0.642. The normalized spacial score (nSPS) is 10.6. The first-order valence-corrected chi connectivity index (χ1v) is 4.00. The number of carboxylic acids is 1. The summed E-state index contributed by atoms with van der Waals surface area (Å²) in [5.41, 5.74) is 11.3. The SMILES string of the molecule is NCC=Cc1cnc(N)c(C(=O)O)c1. The van der Waals surface area contributed by atoms with E-state index in [0.717, 1.165) is 0 Å². The van der Waals surface area contributed by atoms with Gasteiger partial charge in [0.1, 0.15) is 11.4 Å². The molecule has 0 saturated heterocycles. The minimum Gasteiger partial charge on any atom is -0.478 e. The van der Waals surface area contributed by atoms with Crippen LogP contribution in [0.25, 0.3) is 6.08 Å². The van der Waals surface area contributed by atoms with Crippen molar-refractivity contribution < 1.29 is 9.90 Å². The predicted octanol–water partition coefficient (Wildman–Crippen LogP) is 0.334. The number of anilines is 1. The van der Waals surface area contributed by atoms with Gasteiger partial charge in [-0.2, -0.15) is 0 Å². The minimum absolute atomic E-state index is 0.00386. The van der Waals surface area contributed by atoms with E-state index >= 15 is 0 Å². The second-order valence-electron chi connectivity index (χ2n) is 2.64. The number of carbonyl (C=O) groups is 1. The maximum Gasteiger partial charge on any atom is 0.339 e. The van der Waals surface area contributed by atoms with E-state index in [4.69, 9.17) is 16.6 Å². The fourth-order valence-corrected chi connectivity index (χ4v) is 0.958. The Hall–Kier alpha value is -1.88. The molecule has 0 fully saturated rings. The van der Waals surface area contributed by atoms with Gasteiger partial charge in [-0.25, -0.2) is 9.78 Å². The van der Waals surface area contributed by atoms with Gasteiger partial charge in [-0.05, 0) is 11.6 Å². The first-order chi connectivity index (χ1) is 6.65. The van der Waals surface area contributed by atoms with Crippen LogP contribution in [0.5, 0.6) is 0 Å². The highest BCUT2D eigenvalue weighted by molar-refractivity contribution is 5.93. The predicted molar refractivity (Wildman–Crippen MR) is 53.7 cm³/mol. The molecule has 0 radical (unpaired) electrons. The summed E-state index contributed by atoms with van der Waals surface area (Å²) in [6.07, 6.45) is 4.89. The van der Waals surface area contributed by atoms with E-state index in [2.05, 4.69) is 4.98 Å². The number of nitrogen functional groups attached to an aromatic ring is 1. The monoisotopic (exact) mass is 193 g/mol. The molecule has 0 aromatic carbocycles. The van der Waals surface area contributed by atoms with Crippen LogP contribution < -0.4 is 11.5 Å². The Balaban J connectivity index is 3.06. The van der Waals surface area contributed by atoms with Crippen LogP contribution in [0.1, 0.15) is 15.9 Å². The summed E-state index contributed by atoms with van der Waals surface area (Å²) in [7, 11) is 0. The molecule has 0 aliphatic heterocycles. The summed E-state index contributed by atoms with van der Waals surface area (Å²) >= 11 is 0. The van der Waals surface area contributed by atoms with Crippen molar-refractivity contribution in [2.75, 3.05) is 12.3 Å². The first kappa shape index (κ1) is 10.2. The number of pyridine rings is 1. The van der Waals surface area contributed by atoms with E-state index in [0.29, 0.717) is 12.1 Å². The molecule has 1 aromatic heterocycles. The zero-order chi connectivity index (χ0) is 10.6. The van der Waals surface area contributed by atoms with Gasteiger partial charge in [0.05, 0.1) is 0 Å². The van der Waals surface area contributed by atoms with Gasteiger partial charge in [0, 0.05) is 12.7 Å². The number of nitrogens with zero attached hydrogens (tertiary/aromatic N) is 1. The number of aromatic carboxylic acids is 1. The van der Waals surface area contributed by atoms with Gasteiger partial charge in [-0.1, -0.05) is 12.2 Å². The van der Waals surface area contributed by atoms with Crippen molar-refractivity contribution in [1.82, 2.24) is 4.98 Å². The summed E-state index contributed by atoms with van der Waals surface area (Å²) in [5, 5.41) is 8.75. The molecule has 5 N–H and O–H groups in total. The third-order valence-electron chi connectivity index (χ3n) is 1.62. The number of carboxylic acid groups (broad SMARTS) is 1. The van der Waals surface area contributed by atoms with E-state index in [1.165, 1.54) is 12.3 Å². The lowest BCUT2D eigenvalue weighted by Gasteiger charge is -2.00. The zero-order valence-corrected chi connectivity index (χ0v) is 7.47. The molecule has 0 bridgehead atoms. The standard InChI is InChI=1S/C9H11N3O2/c10-3-1-2-6-4-7(9(13)14)8(11)12-5-6/h1-2,4-5H,3,10H2,(H2,11,12)(H,13,14). The Kier molecular flexibility index (Phi) is 3.19. The lowest BCUT2D eigenvalue weighted by atomic mass is 10.2. The number of rotatable bonds is 3. The van der Waals surface area contributed by atoms with Crippen LogP contribution >= 0.6 is 0 Å². The summed E-state index contributed by atoms with van der Waals surface area (Å²) < 4.78 is 0. The molecule has 74 valence electrons. The van der Waals surface area contributed by atoms with Gasteiger partial charge in [-0.3, -0.25) is 0 Å². The van der Waals surface area contributed by atoms with Crippen molar-refractivity contribution in [2.24, 2.45) is 5.73 Å². The van der Waals surface area contributed by atoms with Crippen LogP contribution in [0, 0.1) is 0 Å². The molecule has 0 unspecified atom stereocenters.